The summed E-state index contributed by atoms with van der Waals surface area (Å²) in [6.45, 7) is 7.22. The van der Waals surface area contributed by atoms with Crippen LogP contribution in [0.1, 0.15) is 18.1 Å². The fourth-order valence-corrected chi connectivity index (χ4v) is 3.07. The first-order valence-electron chi connectivity index (χ1n) is 9.10. The third-order valence-electron chi connectivity index (χ3n) is 4.57. The van der Waals surface area contributed by atoms with Gasteiger partial charge in [0.2, 0.25) is 5.95 Å². The van der Waals surface area contributed by atoms with E-state index >= 15 is 0 Å². The number of hydrogen-bond acceptors (Lipinski definition) is 7. The molecule has 0 bridgehead atoms. The van der Waals surface area contributed by atoms with Crippen molar-refractivity contribution in [2.75, 3.05) is 29.9 Å². The lowest BCUT2D eigenvalue weighted by Gasteiger charge is -2.32. The van der Waals surface area contributed by atoms with Crippen LogP contribution in [0, 0.1) is 6.92 Å². The number of benzene rings is 1. The molecule has 0 spiro atoms. The van der Waals surface area contributed by atoms with E-state index in [2.05, 4.69) is 56.7 Å². The highest BCUT2D eigenvalue weighted by Crippen LogP contribution is 2.17. The standard InChI is InChI=1S/C19H23N7O/c1-14-3-6-17(7-4-14)26-19(22-23-24-26)21-12-16-5-8-18(20-11-16)25-9-10-27-15(2)13-25/h3-8,11,15H,9-10,12-13H2,1-2H3,(H,21,22,24). The number of rotatable bonds is 5. The summed E-state index contributed by atoms with van der Waals surface area (Å²) in [6.07, 6.45) is 2.13. The van der Waals surface area contributed by atoms with E-state index in [1.54, 1.807) is 4.68 Å². The predicted octanol–water partition coefficient (Wildman–Crippen LogP) is 2.20. The number of tetrazole rings is 1. The molecule has 0 aliphatic carbocycles. The molecule has 8 nitrogen and oxygen atoms in total. The molecule has 0 saturated carbocycles. The van der Waals surface area contributed by atoms with Crippen LogP contribution in [0.3, 0.4) is 0 Å². The molecule has 4 rings (SSSR count). The minimum Gasteiger partial charge on any atom is -0.375 e. The first-order chi connectivity index (χ1) is 13.2. The lowest BCUT2D eigenvalue weighted by atomic mass is 10.2. The van der Waals surface area contributed by atoms with Gasteiger partial charge in [0.15, 0.2) is 0 Å². The maximum atomic E-state index is 5.59. The molecule has 8 heteroatoms. The van der Waals surface area contributed by atoms with Gasteiger partial charge in [0.1, 0.15) is 5.82 Å². The summed E-state index contributed by atoms with van der Waals surface area (Å²) in [5, 5.41) is 15.2. The molecular formula is C19H23N7O. The molecule has 0 amide bonds. The molecule has 1 saturated heterocycles. The van der Waals surface area contributed by atoms with E-state index in [1.165, 1.54) is 5.56 Å². The number of hydrogen-bond donors (Lipinski definition) is 1. The SMILES string of the molecule is Cc1ccc(-n2nnnc2NCc2ccc(N3CCOC(C)C3)nc2)cc1. The largest absolute Gasteiger partial charge is 0.375 e. The predicted molar refractivity (Wildman–Crippen MR) is 103 cm³/mol. The summed E-state index contributed by atoms with van der Waals surface area (Å²) >= 11 is 0. The molecule has 1 atom stereocenters. The lowest BCUT2D eigenvalue weighted by Crippen LogP contribution is -2.41. The van der Waals surface area contributed by atoms with Crippen molar-refractivity contribution in [1.29, 1.82) is 0 Å². The van der Waals surface area contributed by atoms with Crippen LogP contribution in [0.15, 0.2) is 42.6 Å². The molecule has 3 heterocycles. The van der Waals surface area contributed by atoms with Crippen molar-refractivity contribution in [2.24, 2.45) is 0 Å². The van der Waals surface area contributed by atoms with E-state index in [-0.39, 0.29) is 6.10 Å². The summed E-state index contributed by atoms with van der Waals surface area (Å²) in [4.78, 5) is 6.85. The molecule has 1 N–H and O–H groups in total. The molecule has 27 heavy (non-hydrogen) atoms. The minimum atomic E-state index is 0.238. The van der Waals surface area contributed by atoms with Crippen molar-refractivity contribution in [3.8, 4) is 5.69 Å². The summed E-state index contributed by atoms with van der Waals surface area (Å²) < 4.78 is 7.28. The normalized spacial score (nSPS) is 17.1. The molecule has 1 fully saturated rings. The van der Waals surface area contributed by atoms with Crippen LogP contribution >= 0.6 is 0 Å². The topological polar surface area (TPSA) is 81.0 Å². The van der Waals surface area contributed by atoms with Crippen LogP contribution in [0.5, 0.6) is 0 Å². The molecule has 2 aromatic heterocycles. The van der Waals surface area contributed by atoms with Gasteiger partial charge in [0, 0.05) is 25.8 Å². The van der Waals surface area contributed by atoms with Gasteiger partial charge in [-0.05, 0) is 48.0 Å². The second kappa shape index (κ2) is 7.71. The van der Waals surface area contributed by atoms with Gasteiger partial charge in [-0.3, -0.25) is 0 Å². The average Bonchev–Trinajstić information content (AvgIpc) is 3.16. The van der Waals surface area contributed by atoms with Gasteiger partial charge < -0.3 is 15.0 Å². The molecule has 3 aromatic rings. The number of nitrogens with one attached hydrogen (secondary N) is 1. The highest BCUT2D eigenvalue weighted by molar-refractivity contribution is 5.42. The Hall–Kier alpha value is -3.00. The van der Waals surface area contributed by atoms with E-state index in [1.807, 2.05) is 30.5 Å². The zero-order valence-corrected chi connectivity index (χ0v) is 15.5. The number of morpholine rings is 1. The van der Waals surface area contributed by atoms with Crippen LogP contribution in [-0.4, -0.2) is 51.0 Å². The smallest absolute Gasteiger partial charge is 0.248 e. The summed E-state index contributed by atoms with van der Waals surface area (Å²) in [5.74, 6) is 1.59. The minimum absolute atomic E-state index is 0.238. The molecular weight excluding hydrogens is 342 g/mol. The molecule has 1 aliphatic heterocycles. The zero-order chi connectivity index (χ0) is 18.6. The van der Waals surface area contributed by atoms with Gasteiger partial charge in [-0.2, -0.15) is 4.68 Å². The number of aromatic nitrogens is 5. The van der Waals surface area contributed by atoms with Crippen LogP contribution in [0.2, 0.25) is 0 Å². The second-order valence-corrected chi connectivity index (χ2v) is 6.76. The Kier molecular flexibility index (Phi) is 4.97. The van der Waals surface area contributed by atoms with Gasteiger partial charge in [0.25, 0.3) is 0 Å². The molecule has 0 radical (unpaired) electrons. The summed E-state index contributed by atoms with van der Waals surface area (Å²) in [7, 11) is 0. The number of anilines is 2. The fraction of sp³-hybridized carbons (Fsp3) is 0.368. The number of ether oxygens (including phenoxy) is 1. The molecule has 1 aromatic carbocycles. The van der Waals surface area contributed by atoms with E-state index in [0.29, 0.717) is 12.5 Å². The quantitative estimate of drug-likeness (QED) is 0.742. The Labute approximate surface area is 158 Å². The first-order valence-corrected chi connectivity index (χ1v) is 9.10. The first kappa shape index (κ1) is 17.4. The van der Waals surface area contributed by atoms with Crippen molar-refractivity contribution < 1.29 is 4.74 Å². The number of aryl methyl sites for hydroxylation is 1. The van der Waals surface area contributed by atoms with Crippen molar-refractivity contribution in [1.82, 2.24) is 25.2 Å². The Bertz CT molecular complexity index is 876. The molecule has 1 unspecified atom stereocenters. The number of pyridine rings is 1. The van der Waals surface area contributed by atoms with Crippen molar-refractivity contribution in [3.05, 3.63) is 53.7 Å². The Morgan fingerprint density at radius 3 is 2.78 bits per heavy atom. The molecule has 140 valence electrons. The van der Waals surface area contributed by atoms with Gasteiger partial charge >= 0.3 is 0 Å². The van der Waals surface area contributed by atoms with E-state index in [9.17, 15) is 0 Å². The van der Waals surface area contributed by atoms with Gasteiger partial charge in [0.05, 0.1) is 18.4 Å². The van der Waals surface area contributed by atoms with Gasteiger partial charge in [-0.15, -0.1) is 0 Å². The van der Waals surface area contributed by atoms with Crippen molar-refractivity contribution in [2.45, 2.75) is 26.5 Å². The molecule has 1 aliphatic rings. The Morgan fingerprint density at radius 1 is 1.19 bits per heavy atom. The second-order valence-electron chi connectivity index (χ2n) is 6.76. The third kappa shape index (κ3) is 4.06. The van der Waals surface area contributed by atoms with Crippen molar-refractivity contribution in [3.63, 3.8) is 0 Å². The van der Waals surface area contributed by atoms with E-state index < -0.39 is 0 Å². The van der Waals surface area contributed by atoms with Gasteiger partial charge in [-0.1, -0.05) is 28.9 Å². The third-order valence-corrected chi connectivity index (χ3v) is 4.57. The highest BCUT2D eigenvalue weighted by atomic mass is 16.5. The lowest BCUT2D eigenvalue weighted by molar-refractivity contribution is 0.0529. The van der Waals surface area contributed by atoms with E-state index in [0.717, 1.165) is 36.8 Å². The van der Waals surface area contributed by atoms with Gasteiger partial charge in [-0.25, -0.2) is 4.98 Å². The van der Waals surface area contributed by atoms with Crippen molar-refractivity contribution >= 4 is 11.8 Å². The maximum absolute atomic E-state index is 5.59. The average molecular weight is 365 g/mol. The number of nitrogens with zero attached hydrogens (tertiary/aromatic N) is 6. The monoisotopic (exact) mass is 365 g/mol. The van der Waals surface area contributed by atoms with Crippen LogP contribution in [0.4, 0.5) is 11.8 Å². The maximum Gasteiger partial charge on any atom is 0.248 e. The van der Waals surface area contributed by atoms with Crippen LogP contribution < -0.4 is 10.2 Å². The highest BCUT2D eigenvalue weighted by Gasteiger charge is 2.17. The zero-order valence-electron chi connectivity index (χ0n) is 15.5. The Morgan fingerprint density at radius 2 is 2.04 bits per heavy atom. The van der Waals surface area contributed by atoms with Crippen LogP contribution in [-0.2, 0) is 11.3 Å². The van der Waals surface area contributed by atoms with Crippen LogP contribution in [0.25, 0.3) is 5.69 Å². The summed E-state index contributed by atoms with van der Waals surface area (Å²) in [6, 6.07) is 12.2. The fourth-order valence-electron chi connectivity index (χ4n) is 3.07. The Balaban J connectivity index is 1.41. The van der Waals surface area contributed by atoms with E-state index in [4.69, 9.17) is 4.74 Å². The summed E-state index contributed by atoms with van der Waals surface area (Å²) in [5.41, 5.74) is 3.18.